The van der Waals surface area contributed by atoms with Gasteiger partial charge >= 0.3 is 0 Å². The van der Waals surface area contributed by atoms with Crippen LogP contribution in [0.15, 0.2) is 35.1 Å². The minimum Gasteiger partial charge on any atom is -0.110 e. The van der Waals surface area contributed by atoms with Crippen LogP contribution < -0.4 is 0 Å². The van der Waals surface area contributed by atoms with Gasteiger partial charge in [0, 0.05) is 5.37 Å². The molecule has 0 atom stereocenters. The molecular weight excluding hydrogens is 216 g/mol. The van der Waals surface area contributed by atoms with Gasteiger partial charge in [0.1, 0.15) is 0 Å². The predicted octanol–water partition coefficient (Wildman–Crippen LogP) is 4.16. The van der Waals surface area contributed by atoms with Gasteiger partial charge in [0.25, 0.3) is 0 Å². The van der Waals surface area contributed by atoms with E-state index in [2.05, 4.69) is 13.2 Å². The summed E-state index contributed by atoms with van der Waals surface area (Å²) in [4.78, 5) is 2.82. The van der Waals surface area contributed by atoms with E-state index in [0.29, 0.717) is 4.58 Å². The lowest BCUT2D eigenvalue weighted by atomic mass is 10.3. The van der Waals surface area contributed by atoms with Crippen LogP contribution in [-0.2, 0) is 0 Å². The second-order valence-electron chi connectivity index (χ2n) is 2.57. The Morgan fingerprint density at radius 1 is 1.15 bits per heavy atom. The molecule has 0 aromatic heterocycles. The van der Waals surface area contributed by atoms with Gasteiger partial charge in [-0.1, -0.05) is 24.4 Å². The Morgan fingerprint density at radius 2 is 1.62 bits per heavy atom. The van der Waals surface area contributed by atoms with Crippen molar-refractivity contribution < 1.29 is 0 Å². The average Bonchev–Trinajstić information content (AvgIpc) is 2.50. The van der Waals surface area contributed by atoms with Crippen molar-refractivity contribution in [2.75, 3.05) is 0 Å². The first-order valence-corrected chi connectivity index (χ1v) is 6.27. The third kappa shape index (κ3) is 3.01. The lowest BCUT2D eigenvalue weighted by Gasteiger charge is -1.98. The van der Waals surface area contributed by atoms with Crippen LogP contribution in [0.3, 0.4) is 0 Å². The van der Waals surface area contributed by atoms with Crippen LogP contribution in [0.4, 0.5) is 0 Å². The number of hydrogen-bond donors (Lipinski definition) is 0. The van der Waals surface area contributed by atoms with Crippen molar-refractivity contribution in [3.63, 3.8) is 0 Å². The molecule has 3 heteroatoms. The number of thiocarbonyl (C=S) groups is 1. The van der Waals surface area contributed by atoms with Crippen molar-refractivity contribution in [3.05, 3.63) is 35.1 Å². The van der Waals surface area contributed by atoms with Gasteiger partial charge in [0.15, 0.2) is 0 Å². The molecule has 70 valence electrons. The fourth-order valence-corrected chi connectivity index (χ4v) is 4.12. The van der Waals surface area contributed by atoms with E-state index in [1.807, 2.05) is 41.0 Å². The molecule has 0 fully saturated rings. The molecule has 1 aliphatic heterocycles. The minimum atomic E-state index is 0.417. The molecule has 0 spiro atoms. The summed E-state index contributed by atoms with van der Waals surface area (Å²) in [7, 11) is 0. The van der Waals surface area contributed by atoms with Gasteiger partial charge < -0.3 is 0 Å². The van der Waals surface area contributed by atoms with Gasteiger partial charge in [0.05, 0.1) is 4.58 Å². The van der Waals surface area contributed by atoms with Gasteiger partial charge in [-0.2, -0.15) is 0 Å². The van der Waals surface area contributed by atoms with Crippen LogP contribution in [0.5, 0.6) is 0 Å². The van der Waals surface area contributed by atoms with E-state index < -0.39 is 0 Å². The molecule has 0 saturated carbocycles. The molecule has 1 rings (SSSR count). The monoisotopic (exact) mass is 228 g/mol. The molecule has 0 nitrogen and oxygen atoms in total. The third-order valence-electron chi connectivity index (χ3n) is 1.60. The summed E-state index contributed by atoms with van der Waals surface area (Å²) >= 11 is 8.64. The Labute approximate surface area is 93.6 Å². The molecule has 0 saturated heterocycles. The quantitative estimate of drug-likeness (QED) is 0.512. The molecule has 13 heavy (non-hydrogen) atoms. The largest absolute Gasteiger partial charge is 0.110 e. The van der Waals surface area contributed by atoms with Gasteiger partial charge in [-0.15, -0.1) is 36.7 Å². The van der Waals surface area contributed by atoms with Crippen LogP contribution in [-0.4, -0.2) is 9.95 Å². The van der Waals surface area contributed by atoms with Gasteiger partial charge in [-0.3, -0.25) is 0 Å². The number of thioether (sulfide) groups is 2. The summed E-state index contributed by atoms with van der Waals surface area (Å²) in [6, 6.07) is 0. The fourth-order valence-electron chi connectivity index (χ4n) is 1.08. The van der Waals surface area contributed by atoms with Crippen LogP contribution in [0, 0.1) is 0 Å². The Hall–Kier alpha value is 0.01000. The van der Waals surface area contributed by atoms with E-state index in [-0.39, 0.29) is 0 Å². The second kappa shape index (κ2) is 5.68. The van der Waals surface area contributed by atoms with E-state index >= 15 is 0 Å². The highest BCUT2D eigenvalue weighted by Crippen LogP contribution is 2.47. The lowest BCUT2D eigenvalue weighted by Crippen LogP contribution is -1.89. The molecule has 0 unspecified atom stereocenters. The molecule has 1 heterocycles. The van der Waals surface area contributed by atoms with Crippen molar-refractivity contribution >= 4 is 41.1 Å². The molecule has 0 radical (unpaired) electrons. The van der Waals surface area contributed by atoms with E-state index in [1.54, 1.807) is 0 Å². The summed E-state index contributed by atoms with van der Waals surface area (Å²) < 4.78 is 0.417. The zero-order valence-electron chi connectivity index (χ0n) is 7.36. The molecule has 0 aliphatic carbocycles. The van der Waals surface area contributed by atoms with E-state index in [0.717, 1.165) is 12.8 Å². The summed E-state index contributed by atoms with van der Waals surface area (Å²) in [5, 5.41) is 1.83. The van der Waals surface area contributed by atoms with Crippen LogP contribution in [0.2, 0.25) is 0 Å². The zero-order valence-corrected chi connectivity index (χ0v) is 9.81. The van der Waals surface area contributed by atoms with Crippen LogP contribution in [0.25, 0.3) is 0 Å². The van der Waals surface area contributed by atoms with Crippen molar-refractivity contribution in [1.82, 2.24) is 0 Å². The number of hydrogen-bond acceptors (Lipinski definition) is 3. The number of rotatable bonds is 5. The molecule has 1 aliphatic rings. The maximum Gasteiger partial charge on any atom is 0.0872 e. The zero-order chi connectivity index (χ0) is 9.68. The Bertz CT molecular complexity index is 231. The highest BCUT2D eigenvalue weighted by atomic mass is 32.2. The first-order valence-electron chi connectivity index (χ1n) is 4.04. The fraction of sp³-hybridized carbons (Fsp3) is 0.300. The normalized spacial score (nSPS) is 17.5. The maximum atomic E-state index is 4.94. The lowest BCUT2D eigenvalue weighted by molar-refractivity contribution is 1.28. The highest BCUT2D eigenvalue weighted by Gasteiger charge is 2.21. The van der Waals surface area contributed by atoms with E-state index in [1.165, 1.54) is 9.81 Å². The van der Waals surface area contributed by atoms with Gasteiger partial charge in [0.2, 0.25) is 0 Å². The minimum absolute atomic E-state index is 0.417. The van der Waals surface area contributed by atoms with Crippen molar-refractivity contribution in [1.29, 1.82) is 0 Å². The summed E-state index contributed by atoms with van der Waals surface area (Å²) in [6.07, 6.45) is 5.80. The molecule has 0 amide bonds. The number of allylic oxidation sites excluding steroid dienone is 4. The van der Waals surface area contributed by atoms with E-state index in [9.17, 15) is 0 Å². The van der Waals surface area contributed by atoms with E-state index in [4.69, 9.17) is 12.2 Å². The van der Waals surface area contributed by atoms with Crippen LogP contribution >= 0.6 is 35.7 Å². The topological polar surface area (TPSA) is 0 Å². The molecule has 0 aromatic carbocycles. The Balaban J connectivity index is 2.68. The molecule has 0 aromatic rings. The SMILES string of the molecule is C=CCC1=C(CC=C)SC(C=S)S1. The molecule has 0 N–H and O–H groups in total. The summed E-state index contributed by atoms with van der Waals surface area (Å²) in [5.41, 5.74) is 0. The maximum absolute atomic E-state index is 4.94. The Morgan fingerprint density at radius 3 is 1.92 bits per heavy atom. The highest BCUT2D eigenvalue weighted by molar-refractivity contribution is 8.25. The third-order valence-corrected chi connectivity index (χ3v) is 5.05. The standard InChI is InChI=1S/C10H12S3/c1-3-5-8-9(6-4-2)13-10(7-11)12-8/h3-4,7,10H,1-2,5-6H2. The first kappa shape index (κ1) is 11.1. The van der Waals surface area contributed by atoms with Crippen LogP contribution in [0.1, 0.15) is 12.8 Å². The van der Waals surface area contributed by atoms with Crippen molar-refractivity contribution in [2.24, 2.45) is 0 Å². The van der Waals surface area contributed by atoms with Crippen molar-refractivity contribution in [3.8, 4) is 0 Å². The van der Waals surface area contributed by atoms with Gasteiger partial charge in [-0.05, 0) is 22.7 Å². The smallest absolute Gasteiger partial charge is 0.0872 e. The summed E-state index contributed by atoms with van der Waals surface area (Å²) in [6.45, 7) is 7.50. The average molecular weight is 228 g/mol. The Kier molecular flexibility index (Phi) is 4.84. The second-order valence-corrected chi connectivity index (χ2v) is 5.62. The predicted molar refractivity (Wildman–Crippen MR) is 69.3 cm³/mol. The first-order chi connectivity index (χ1) is 6.31. The summed E-state index contributed by atoms with van der Waals surface area (Å²) in [5.74, 6) is 0. The molecular formula is C10H12S3. The molecule has 0 bridgehead atoms. The van der Waals surface area contributed by atoms with Gasteiger partial charge in [-0.25, -0.2) is 0 Å². The van der Waals surface area contributed by atoms with Crippen molar-refractivity contribution in [2.45, 2.75) is 17.4 Å².